The number of ether oxygens (including phenoxy) is 6. The summed E-state index contributed by atoms with van der Waals surface area (Å²) < 4.78 is 27.8. The molecule has 21 nitrogen and oxygen atoms in total. The van der Waals surface area contributed by atoms with Gasteiger partial charge in [0.2, 0.25) is 0 Å². The van der Waals surface area contributed by atoms with Gasteiger partial charge >= 0.3 is 5.97 Å². The molecule has 3 fully saturated rings. The fourth-order valence-electron chi connectivity index (χ4n) is 3.52. The third-order valence-electron chi connectivity index (χ3n) is 6.21. The molecule has 0 bridgehead atoms. The second-order valence-corrected chi connectivity index (χ2v) is 9.15. The second-order valence-electron chi connectivity index (χ2n) is 9.15. The number of esters is 1. The molecule has 14 atom stereocenters. The Morgan fingerprint density at radius 2 is 0.860 bits per heavy atom. The van der Waals surface area contributed by atoms with Crippen LogP contribution in [0, 0.1) is 264 Å². The van der Waals surface area contributed by atoms with Gasteiger partial charge in [0.05, 0.1) is 26.9 Å². The van der Waals surface area contributed by atoms with Gasteiger partial charge in [0, 0.05) is 279 Å². The summed E-state index contributed by atoms with van der Waals surface area (Å²) in [5, 5.41) is 115. The first-order chi connectivity index (χ1) is 20.6. The third kappa shape index (κ3) is 24.5. The van der Waals surface area contributed by atoms with E-state index in [1.54, 1.807) is 0 Å². The van der Waals surface area contributed by atoms with E-state index in [9.17, 15) is 9.59 Å². The predicted octanol–water partition coefficient (Wildman–Crippen LogP) is -9.00. The van der Waals surface area contributed by atoms with E-state index < -0.39 is 111 Å². The molecule has 0 aromatic carbocycles. The van der Waals surface area contributed by atoms with Gasteiger partial charge in [-0.15, -0.1) is 0 Å². The van der Waals surface area contributed by atoms with Gasteiger partial charge in [-0.3, -0.25) is 4.79 Å². The van der Waals surface area contributed by atoms with Crippen molar-refractivity contribution in [3.63, 3.8) is 0 Å². The van der Waals surface area contributed by atoms with E-state index >= 15 is 0 Å². The number of rotatable bonds is 9. The smallest absolute Gasteiger partial charge is 0.337 e. The van der Waals surface area contributed by atoms with Gasteiger partial charge in [-0.05, 0) is 0 Å². The molecule has 27 heteroatoms. The molecule has 3 saturated heterocycles. The average molecular weight is 2020 g/mol. The average Bonchev–Trinajstić information content (AvgIpc) is 3.59. The zero-order valence-corrected chi connectivity index (χ0v) is 55.9. The molecular formula is C23H44Ac6O21. The molecule has 50 heavy (non-hydrogen) atoms. The fourth-order valence-corrected chi connectivity index (χ4v) is 3.52. The zero-order chi connectivity index (χ0) is 34.3. The Balaban J connectivity index is -0.0000000949. The summed E-state index contributed by atoms with van der Waals surface area (Å²) in [6, 6.07) is 0. The molecule has 3 heterocycles. The first-order valence-electron chi connectivity index (χ1n) is 12.8. The van der Waals surface area contributed by atoms with Gasteiger partial charge in [0.15, 0.2) is 36.9 Å². The summed E-state index contributed by atoms with van der Waals surface area (Å²) in [5.41, 5.74) is 0. The molecule has 3 aliphatic rings. The molecule has 0 aromatic rings. The van der Waals surface area contributed by atoms with Crippen LogP contribution < -0.4 is 0 Å². The number of carbonyl (C=O) groups is 2. The van der Waals surface area contributed by atoms with Crippen LogP contribution in [0.4, 0.5) is 0 Å². The Hall–Kier alpha value is 7.07. The van der Waals surface area contributed by atoms with Crippen LogP contribution >= 0.6 is 0 Å². The number of aliphatic hydroxyl groups is 13. The Bertz CT molecular complexity index is 744. The Morgan fingerprint density at radius 1 is 0.540 bits per heavy atom. The Labute approximate surface area is 502 Å². The molecule has 3 rings (SSSR count). The van der Waals surface area contributed by atoms with Crippen LogP contribution in [0.5, 0.6) is 0 Å². The van der Waals surface area contributed by atoms with Gasteiger partial charge in [-0.1, -0.05) is 0 Å². The van der Waals surface area contributed by atoms with Crippen molar-refractivity contribution < 1.29 is 369 Å². The van der Waals surface area contributed by atoms with Crippen LogP contribution in [-0.4, -0.2) is 212 Å². The summed E-state index contributed by atoms with van der Waals surface area (Å²) in [6.45, 7) is -1.99. The van der Waals surface area contributed by atoms with E-state index in [0.717, 1.165) is 7.11 Å². The second kappa shape index (κ2) is 40.2. The van der Waals surface area contributed by atoms with Crippen molar-refractivity contribution in [3.05, 3.63) is 0 Å². The molecule has 280 valence electrons. The molecule has 0 spiro atoms. The van der Waals surface area contributed by atoms with E-state index in [1.165, 1.54) is 14.2 Å². The maximum atomic E-state index is 10.5. The molecule has 0 saturated carbocycles. The largest absolute Gasteiger partial charge is 0.467 e. The normalized spacial score (nSPS) is 32.9. The summed E-state index contributed by atoms with van der Waals surface area (Å²) in [7, 11) is 3.72. The van der Waals surface area contributed by atoms with Crippen molar-refractivity contribution in [2.24, 2.45) is 0 Å². The molecule has 0 aromatic heterocycles. The minimum absolute atomic E-state index is 0. The van der Waals surface area contributed by atoms with E-state index in [2.05, 4.69) is 18.9 Å². The van der Waals surface area contributed by atoms with Crippen molar-refractivity contribution in [3.8, 4) is 0 Å². The number of Topliss-reactive ketones (excluding diaryl/α,β-unsaturated/α-hetero) is 1. The molecular weight excluding hydrogens is 1970 g/mol. The van der Waals surface area contributed by atoms with Crippen LogP contribution in [0.3, 0.4) is 0 Å². The van der Waals surface area contributed by atoms with Gasteiger partial charge in [0.1, 0.15) is 61.5 Å². The third-order valence-corrected chi connectivity index (χ3v) is 6.21. The number of ketones is 1. The summed E-state index contributed by atoms with van der Waals surface area (Å²) in [6.07, 6.45) is -16.0. The van der Waals surface area contributed by atoms with Crippen molar-refractivity contribution in [2.75, 3.05) is 47.8 Å². The van der Waals surface area contributed by atoms with Gasteiger partial charge < -0.3 is 94.8 Å². The molecule has 6 radical (unpaired) electrons. The van der Waals surface area contributed by atoms with Gasteiger partial charge in [-0.25, -0.2) is 4.79 Å². The zero-order valence-electron chi connectivity index (χ0n) is 27.5. The SMILES string of the molecule is COC(=O)C(O)C(O)C(=O)CO.COC1OC(CO)C(O)C1O.COC1OC(CO)C(O)C1O.OCC1OC(O)[C@H](O)[C@@H]1O.[Ac].[Ac].[Ac].[Ac].[Ac].[Ac]. The van der Waals surface area contributed by atoms with Crippen molar-refractivity contribution in [1.82, 2.24) is 0 Å². The molecule has 13 N–H and O–H groups in total. The maximum Gasteiger partial charge on any atom is 0.337 e. The number of hydrogen-bond donors (Lipinski definition) is 13. The van der Waals surface area contributed by atoms with E-state index in [1.807, 2.05) is 0 Å². The standard InChI is InChI=1S/C6H10O6.2C6H12O5.C5H10O5.6Ac/c1-12-6(11)5(10)4(9)3(8)2-7;2*1-10-6-5(9)4(8)3(2-7)11-6;6-1-2-3(7)4(8)5(9)10-2;;;;;;/h4-5,7,9-10H,2H2,1H3;2*3-9H,2H2,1H3;2-9H,1H2;;;;;;/t;;;2?,3-,4-,5?;;;;;;/m...1....../s1. The molecule has 0 amide bonds. The van der Waals surface area contributed by atoms with Gasteiger partial charge in [-0.2, -0.15) is 0 Å². The minimum Gasteiger partial charge on any atom is -0.467 e. The van der Waals surface area contributed by atoms with Crippen LogP contribution in [0.15, 0.2) is 0 Å². The van der Waals surface area contributed by atoms with Crippen LogP contribution in [0.1, 0.15) is 0 Å². The molecule has 0 aliphatic carbocycles. The summed E-state index contributed by atoms with van der Waals surface area (Å²) >= 11 is 0. The number of methoxy groups -OCH3 is 3. The van der Waals surface area contributed by atoms with Crippen molar-refractivity contribution >= 4 is 11.8 Å². The van der Waals surface area contributed by atoms with E-state index in [0.29, 0.717) is 0 Å². The predicted molar refractivity (Wildman–Crippen MR) is 136 cm³/mol. The topological polar surface area (TPSA) is 353 Å². The quantitative estimate of drug-likeness (QED) is 0.0954. The van der Waals surface area contributed by atoms with Crippen LogP contribution in [0.25, 0.3) is 0 Å². The first-order valence-corrected chi connectivity index (χ1v) is 12.8. The summed E-state index contributed by atoms with van der Waals surface area (Å²) in [4.78, 5) is 21.0. The maximum absolute atomic E-state index is 10.5. The first kappa shape index (κ1) is 71.6. The van der Waals surface area contributed by atoms with Crippen molar-refractivity contribution in [2.45, 2.75) is 86.0 Å². The van der Waals surface area contributed by atoms with Crippen LogP contribution in [-0.2, 0) is 38.0 Å². The van der Waals surface area contributed by atoms with E-state index in [4.69, 9.17) is 75.9 Å². The number of carbonyl (C=O) groups excluding carboxylic acids is 2. The molecule has 3 aliphatic heterocycles. The van der Waals surface area contributed by atoms with E-state index in [-0.39, 0.29) is 278 Å². The number of hydrogen-bond acceptors (Lipinski definition) is 21. The summed E-state index contributed by atoms with van der Waals surface area (Å²) in [5.74, 6) is -2.16. The molecule has 12 unspecified atom stereocenters. The Kier molecular flexibility index (Phi) is 57.5. The van der Waals surface area contributed by atoms with Crippen molar-refractivity contribution in [1.29, 1.82) is 0 Å². The van der Waals surface area contributed by atoms with Crippen LogP contribution in [0.2, 0.25) is 0 Å². The van der Waals surface area contributed by atoms with Gasteiger partial charge in [0.25, 0.3) is 0 Å². The fraction of sp³-hybridized carbons (Fsp3) is 0.913. The monoisotopic (exact) mass is 2020 g/mol. The number of aliphatic hydroxyl groups excluding tert-OH is 13. The Morgan fingerprint density at radius 3 is 1.04 bits per heavy atom. The minimum atomic E-state index is -1.94.